The number of nitrogens with zero attached hydrogens (tertiary/aromatic N) is 3. The van der Waals surface area contributed by atoms with Gasteiger partial charge in [0, 0.05) is 19.7 Å². The lowest BCUT2D eigenvalue weighted by molar-refractivity contribution is 0.201. The highest BCUT2D eigenvalue weighted by molar-refractivity contribution is 7.98. The van der Waals surface area contributed by atoms with Gasteiger partial charge >= 0.3 is 0 Å². The fourth-order valence-corrected chi connectivity index (χ4v) is 1.64. The maximum absolute atomic E-state index is 9.31. The molecule has 1 atom stereocenters. The molecule has 1 rings (SSSR count). The molecule has 0 saturated carbocycles. The quantitative estimate of drug-likeness (QED) is 0.297. The minimum Gasteiger partial charge on any atom is -0.392 e. The van der Waals surface area contributed by atoms with Gasteiger partial charge < -0.3 is 15.4 Å². The van der Waals surface area contributed by atoms with Gasteiger partial charge in [-0.3, -0.25) is 0 Å². The van der Waals surface area contributed by atoms with Crippen molar-refractivity contribution in [2.45, 2.75) is 18.2 Å². The summed E-state index contributed by atoms with van der Waals surface area (Å²) in [6.45, 7) is 2.24. The molecule has 4 N–H and O–H groups in total. The van der Waals surface area contributed by atoms with Crippen molar-refractivity contribution in [1.82, 2.24) is 9.97 Å². The Kier molecular flexibility index (Phi) is 4.78. The summed E-state index contributed by atoms with van der Waals surface area (Å²) in [6.07, 6.45) is 1.49. The predicted molar refractivity (Wildman–Crippen MR) is 66.6 cm³/mol. The lowest BCUT2D eigenvalue weighted by Gasteiger charge is -2.20. The predicted octanol–water partition coefficient (Wildman–Crippen LogP) is 0.301. The Balaban J connectivity index is 2.93. The molecule has 0 spiro atoms. The molecule has 0 aromatic carbocycles. The van der Waals surface area contributed by atoms with E-state index in [0.29, 0.717) is 17.5 Å². The van der Waals surface area contributed by atoms with Crippen molar-refractivity contribution in [3.63, 3.8) is 0 Å². The van der Waals surface area contributed by atoms with Crippen molar-refractivity contribution in [1.29, 1.82) is 0 Å². The summed E-state index contributed by atoms with van der Waals surface area (Å²) in [4.78, 5) is 10.3. The monoisotopic (exact) mass is 243 g/mol. The van der Waals surface area contributed by atoms with Crippen LogP contribution in [-0.2, 0) is 0 Å². The third kappa shape index (κ3) is 3.51. The van der Waals surface area contributed by atoms with E-state index in [1.165, 1.54) is 11.8 Å². The first-order valence-electron chi connectivity index (χ1n) is 4.85. The average molecular weight is 243 g/mol. The van der Waals surface area contributed by atoms with Gasteiger partial charge in [-0.15, -0.1) is 0 Å². The maximum Gasteiger partial charge on any atom is 0.191 e. The molecule has 0 aliphatic carbocycles. The van der Waals surface area contributed by atoms with Crippen LogP contribution in [0, 0.1) is 0 Å². The van der Waals surface area contributed by atoms with Crippen LogP contribution in [0.1, 0.15) is 6.92 Å². The van der Waals surface area contributed by atoms with Crippen molar-refractivity contribution in [3.05, 3.63) is 6.07 Å². The first-order chi connectivity index (χ1) is 7.56. The Bertz CT molecular complexity index is 324. The molecule has 1 heterocycles. The highest BCUT2D eigenvalue weighted by atomic mass is 32.2. The normalized spacial score (nSPS) is 12.3. The molecule has 0 aliphatic rings. The molecule has 1 aromatic rings. The zero-order chi connectivity index (χ0) is 12.1. The number of aliphatic hydroxyl groups excluding tert-OH is 1. The lowest BCUT2D eigenvalue weighted by Crippen LogP contribution is -2.28. The number of nitrogen functional groups attached to an aromatic ring is 1. The molecule has 0 aliphatic heterocycles. The van der Waals surface area contributed by atoms with Crippen LogP contribution in [0.4, 0.5) is 11.6 Å². The number of rotatable bonds is 5. The van der Waals surface area contributed by atoms with Gasteiger partial charge in [-0.25, -0.2) is 15.8 Å². The van der Waals surface area contributed by atoms with Crippen LogP contribution in [0.3, 0.4) is 0 Å². The van der Waals surface area contributed by atoms with Crippen LogP contribution < -0.4 is 16.2 Å². The third-order valence-corrected chi connectivity index (χ3v) is 2.50. The van der Waals surface area contributed by atoms with Crippen LogP contribution in [-0.4, -0.2) is 41.0 Å². The number of hydrazine groups is 1. The minimum absolute atomic E-state index is 0.410. The SMILES string of the molecule is CSc1nc(NN)cc(N(C)CC(C)O)n1. The fourth-order valence-electron chi connectivity index (χ4n) is 1.26. The van der Waals surface area contributed by atoms with Crippen molar-refractivity contribution >= 4 is 23.4 Å². The second kappa shape index (κ2) is 5.88. The van der Waals surface area contributed by atoms with Crippen molar-refractivity contribution < 1.29 is 5.11 Å². The number of anilines is 2. The summed E-state index contributed by atoms with van der Waals surface area (Å²) in [5.41, 5.74) is 2.50. The Labute approximate surface area is 99.2 Å². The second-order valence-corrected chi connectivity index (χ2v) is 4.25. The van der Waals surface area contributed by atoms with E-state index in [9.17, 15) is 5.11 Å². The van der Waals surface area contributed by atoms with E-state index in [1.807, 2.05) is 18.2 Å². The third-order valence-electron chi connectivity index (χ3n) is 1.95. The zero-order valence-corrected chi connectivity index (χ0v) is 10.5. The molecular weight excluding hydrogens is 226 g/mol. The molecule has 1 unspecified atom stereocenters. The molecule has 7 heteroatoms. The van der Waals surface area contributed by atoms with E-state index in [2.05, 4.69) is 15.4 Å². The van der Waals surface area contributed by atoms with Crippen LogP contribution in [0.25, 0.3) is 0 Å². The molecule has 0 saturated heterocycles. The fraction of sp³-hybridized carbons (Fsp3) is 0.556. The zero-order valence-electron chi connectivity index (χ0n) is 9.64. The summed E-state index contributed by atoms with van der Waals surface area (Å²) < 4.78 is 0. The second-order valence-electron chi connectivity index (χ2n) is 3.47. The molecule has 90 valence electrons. The van der Waals surface area contributed by atoms with Gasteiger partial charge in [0.25, 0.3) is 0 Å². The first-order valence-corrected chi connectivity index (χ1v) is 6.08. The van der Waals surface area contributed by atoms with Gasteiger partial charge in [-0.05, 0) is 13.2 Å². The highest BCUT2D eigenvalue weighted by Gasteiger charge is 2.09. The van der Waals surface area contributed by atoms with Crippen molar-refractivity contribution in [2.75, 3.05) is 30.2 Å². The largest absolute Gasteiger partial charge is 0.392 e. The molecule has 16 heavy (non-hydrogen) atoms. The number of nitrogens with one attached hydrogen (secondary N) is 1. The van der Waals surface area contributed by atoms with E-state index in [0.717, 1.165) is 5.82 Å². The van der Waals surface area contributed by atoms with E-state index in [1.54, 1.807) is 13.0 Å². The highest BCUT2D eigenvalue weighted by Crippen LogP contribution is 2.19. The number of aromatic nitrogens is 2. The van der Waals surface area contributed by atoms with E-state index in [-0.39, 0.29) is 0 Å². The molecule has 0 amide bonds. The molecule has 1 aromatic heterocycles. The number of likely N-dealkylation sites (N-methyl/N-ethyl adjacent to an activating group) is 1. The molecule has 6 nitrogen and oxygen atoms in total. The number of nitrogens with two attached hydrogens (primary N) is 1. The van der Waals surface area contributed by atoms with Gasteiger partial charge in [0.15, 0.2) is 5.16 Å². The molecule has 0 fully saturated rings. The summed E-state index contributed by atoms with van der Waals surface area (Å²) in [7, 11) is 1.86. The van der Waals surface area contributed by atoms with Gasteiger partial charge in [0.1, 0.15) is 11.6 Å². The maximum atomic E-state index is 9.31. The van der Waals surface area contributed by atoms with Crippen molar-refractivity contribution in [3.8, 4) is 0 Å². The standard InChI is InChI=1S/C9H17N5OS/c1-6(15)5-14(2)8-4-7(13-10)11-9(12-8)16-3/h4,6,15H,5,10H2,1-3H3,(H,11,12,13). The summed E-state index contributed by atoms with van der Waals surface area (Å²) in [5.74, 6) is 6.62. The molecular formula is C9H17N5OS. The minimum atomic E-state index is -0.410. The van der Waals surface area contributed by atoms with Gasteiger partial charge in [0.2, 0.25) is 0 Å². The van der Waals surface area contributed by atoms with Crippen LogP contribution >= 0.6 is 11.8 Å². The number of hydrogen-bond donors (Lipinski definition) is 3. The Hall–Kier alpha value is -1.05. The Morgan fingerprint density at radius 2 is 2.31 bits per heavy atom. The Morgan fingerprint density at radius 1 is 1.62 bits per heavy atom. The van der Waals surface area contributed by atoms with Crippen LogP contribution in [0.2, 0.25) is 0 Å². The topological polar surface area (TPSA) is 87.3 Å². The number of thioether (sulfide) groups is 1. The average Bonchev–Trinajstić information content (AvgIpc) is 2.27. The van der Waals surface area contributed by atoms with Gasteiger partial charge in [-0.1, -0.05) is 11.8 Å². The summed E-state index contributed by atoms with van der Waals surface area (Å²) in [6, 6.07) is 1.74. The van der Waals surface area contributed by atoms with Crippen LogP contribution in [0.5, 0.6) is 0 Å². The van der Waals surface area contributed by atoms with E-state index < -0.39 is 6.10 Å². The molecule has 0 radical (unpaired) electrons. The van der Waals surface area contributed by atoms with E-state index in [4.69, 9.17) is 5.84 Å². The van der Waals surface area contributed by atoms with Crippen molar-refractivity contribution in [2.24, 2.45) is 5.84 Å². The summed E-state index contributed by atoms with van der Waals surface area (Å²) in [5, 5.41) is 9.95. The Morgan fingerprint density at radius 3 is 2.81 bits per heavy atom. The van der Waals surface area contributed by atoms with Gasteiger partial charge in [0.05, 0.1) is 6.10 Å². The first kappa shape index (κ1) is 13.0. The number of hydrogen-bond acceptors (Lipinski definition) is 7. The van der Waals surface area contributed by atoms with E-state index >= 15 is 0 Å². The van der Waals surface area contributed by atoms with Crippen LogP contribution in [0.15, 0.2) is 11.2 Å². The van der Waals surface area contributed by atoms with Gasteiger partial charge in [-0.2, -0.15) is 0 Å². The number of aliphatic hydroxyl groups is 1. The smallest absolute Gasteiger partial charge is 0.191 e. The molecule has 0 bridgehead atoms. The summed E-state index contributed by atoms with van der Waals surface area (Å²) >= 11 is 1.44. The lowest BCUT2D eigenvalue weighted by atomic mass is 10.3.